The van der Waals surface area contributed by atoms with E-state index in [2.05, 4.69) is 0 Å². The third kappa shape index (κ3) is 12300. The molecule has 0 aromatic carbocycles. The Hall–Kier alpha value is 2.43. The summed E-state index contributed by atoms with van der Waals surface area (Å²) in [5, 5.41) is 80.8. The zero-order valence-corrected chi connectivity index (χ0v) is 38.5. The maximum Gasteiger partial charge on any atom is 4.00 e. The van der Waals surface area contributed by atoms with Gasteiger partial charge in [0.15, 0.2) is 0 Å². The molecule has 0 aliphatic rings. The molecule has 0 unspecified atom stereocenters. The summed E-state index contributed by atoms with van der Waals surface area (Å²) >= 11 is 0. The summed E-state index contributed by atoms with van der Waals surface area (Å²) < 4.78 is 0. The molecule has 0 saturated heterocycles. The van der Waals surface area contributed by atoms with Crippen molar-refractivity contribution >= 4 is 0 Å². The van der Waals surface area contributed by atoms with Gasteiger partial charge in [-0.2, -0.15) is 0 Å². The summed E-state index contributed by atoms with van der Waals surface area (Å²) in [6, 6.07) is 0. The van der Waals surface area contributed by atoms with Crippen LogP contribution in [-0.2, 0) is 0 Å². The van der Waals surface area contributed by atoms with Gasteiger partial charge in [-0.15, -0.1) is 44.8 Å². The second-order valence-electron chi connectivity index (χ2n) is 16.9. The maximum atomic E-state index is 10.1. The third-order valence-corrected chi connectivity index (χ3v) is 0. The molecule has 256 valence electrons. The van der Waals surface area contributed by atoms with Crippen molar-refractivity contribution < 1.29 is 124 Å². The van der Waals surface area contributed by atoms with E-state index in [1.54, 1.807) is 166 Å². The predicted octanol–water partition coefficient (Wildman–Crippen LogP) is 1.16. The fourth-order valence-electron chi connectivity index (χ4n) is 0. The van der Waals surface area contributed by atoms with E-state index in [-0.39, 0.29) is 83.5 Å². The monoisotopic (exact) mass is 864 g/mol. The molecule has 0 atom stereocenters. The van der Waals surface area contributed by atoms with Gasteiger partial charge >= 0.3 is 83.5 Å². The number of hydrogen-bond donors (Lipinski definition) is 0. The topological polar surface area (TPSA) is 184 Å². The van der Waals surface area contributed by atoms with Gasteiger partial charge < -0.3 is 40.9 Å². The van der Waals surface area contributed by atoms with Crippen molar-refractivity contribution in [2.75, 3.05) is 0 Å². The molecule has 0 amide bonds. The van der Waals surface area contributed by atoms with E-state index in [1.807, 2.05) is 0 Å². The Morgan fingerprint density at radius 3 is 0.167 bits per heavy atom. The summed E-state index contributed by atoms with van der Waals surface area (Å²) in [4.78, 5) is 0. The molecule has 0 aromatic rings. The summed E-state index contributed by atoms with van der Waals surface area (Å²) in [7, 11) is 0. The van der Waals surface area contributed by atoms with Gasteiger partial charge in [0.25, 0.3) is 0 Å². The molecule has 42 heavy (non-hydrogen) atoms. The zero-order valence-electron chi connectivity index (χ0n) is 32.3. The Morgan fingerprint density at radius 1 is 0.167 bits per heavy atom. The van der Waals surface area contributed by atoms with E-state index in [4.69, 9.17) is 0 Å². The Balaban J connectivity index is -0.0000000346. The quantitative estimate of drug-likeness (QED) is 0.348. The first-order chi connectivity index (χ1) is 16.0. The molecule has 0 aliphatic carbocycles. The van der Waals surface area contributed by atoms with Crippen molar-refractivity contribution in [2.45, 2.75) is 211 Å². The van der Waals surface area contributed by atoms with Gasteiger partial charge in [-0.1, -0.05) is 166 Å². The van der Waals surface area contributed by atoms with E-state index in [0.717, 1.165) is 0 Å². The van der Waals surface area contributed by atoms with Gasteiger partial charge in [0.05, 0.1) is 0 Å². The molecule has 0 aromatic heterocycles. The average Bonchev–Trinajstić information content (AvgIpc) is 2.16. The van der Waals surface area contributed by atoms with Gasteiger partial charge in [-0.25, -0.2) is 0 Å². The van der Waals surface area contributed by atoms with E-state index in [1.165, 1.54) is 0 Å². The molecular weight excluding hydrogens is 793 g/mol. The first-order valence-electron chi connectivity index (χ1n) is 13.6. The predicted molar refractivity (Wildman–Crippen MR) is 158 cm³/mol. The van der Waals surface area contributed by atoms with Crippen molar-refractivity contribution in [3.8, 4) is 0 Å². The fourth-order valence-corrected chi connectivity index (χ4v) is 0. The molecule has 8 nitrogen and oxygen atoms in total. The second kappa shape index (κ2) is 30.7. The van der Waals surface area contributed by atoms with Crippen LogP contribution in [0.3, 0.4) is 0 Å². The molecule has 0 fully saturated rings. The Morgan fingerprint density at radius 2 is 0.167 bits per heavy atom. The van der Waals surface area contributed by atoms with Crippen LogP contribution in [0, 0.1) is 83.5 Å². The molecule has 0 bridgehead atoms. The summed E-state index contributed by atoms with van der Waals surface area (Å²) in [6.45, 7) is 39.2. The molecule has 0 rings (SSSR count). The largest absolute Gasteiger partial charge is 4.00 e. The molecule has 10 heteroatoms. The molecule has 0 spiro atoms. The molecule has 0 saturated carbocycles. The van der Waals surface area contributed by atoms with E-state index in [9.17, 15) is 40.9 Å². The standard InChI is InChI=1S/8C4H9O.2Ce/c8*1-4(2,3)5;;/h8*1-3H3;;/q8*-1;2*+4. The van der Waals surface area contributed by atoms with Crippen molar-refractivity contribution in [3.05, 3.63) is 0 Å². The van der Waals surface area contributed by atoms with Crippen LogP contribution in [0.2, 0.25) is 0 Å². The van der Waals surface area contributed by atoms with Crippen LogP contribution in [0.1, 0.15) is 166 Å². The van der Waals surface area contributed by atoms with E-state index in [0.29, 0.717) is 0 Å². The van der Waals surface area contributed by atoms with E-state index >= 15 is 0 Å². The molecule has 0 heterocycles. The maximum absolute atomic E-state index is 10.1. The summed E-state index contributed by atoms with van der Waals surface area (Å²) in [5.41, 5.74) is -6.00. The van der Waals surface area contributed by atoms with Crippen LogP contribution < -0.4 is 40.9 Å². The van der Waals surface area contributed by atoms with Crippen molar-refractivity contribution in [1.82, 2.24) is 0 Å². The van der Waals surface area contributed by atoms with Gasteiger partial charge in [0, 0.05) is 0 Å². The smallest absolute Gasteiger partial charge is 0.850 e. The van der Waals surface area contributed by atoms with Crippen LogP contribution in [0.4, 0.5) is 0 Å². The van der Waals surface area contributed by atoms with Gasteiger partial charge in [-0.3, -0.25) is 0 Å². The average molecular weight is 865 g/mol. The van der Waals surface area contributed by atoms with Crippen molar-refractivity contribution in [1.29, 1.82) is 0 Å². The Kier molecular flexibility index (Phi) is 51.8. The zero-order chi connectivity index (χ0) is 36.0. The number of hydrogen-bond acceptors (Lipinski definition) is 8. The normalized spacial score (nSPS) is 11.4. The molecular formula is C32H72Ce2O8. The third-order valence-electron chi connectivity index (χ3n) is 0. The Labute approximate surface area is 331 Å². The van der Waals surface area contributed by atoms with Crippen LogP contribution in [0.5, 0.6) is 0 Å². The Bertz CT molecular complexity index is 309. The first kappa shape index (κ1) is 70.7. The number of rotatable bonds is 0. The van der Waals surface area contributed by atoms with Crippen LogP contribution in [0.25, 0.3) is 0 Å². The van der Waals surface area contributed by atoms with Crippen LogP contribution in [0.15, 0.2) is 0 Å². The molecule has 0 aliphatic heterocycles. The van der Waals surface area contributed by atoms with E-state index < -0.39 is 44.8 Å². The minimum Gasteiger partial charge on any atom is -0.850 e. The summed E-state index contributed by atoms with van der Waals surface area (Å²) in [5.74, 6) is 0. The SMILES string of the molecule is CC(C)(C)[O-].CC(C)(C)[O-].CC(C)(C)[O-].CC(C)(C)[O-].CC(C)(C)[O-].CC(C)(C)[O-].CC(C)(C)[O-].CC(C)(C)[O-].[Ce+4].[Ce+4]. The minimum absolute atomic E-state index is 0. The van der Waals surface area contributed by atoms with Gasteiger partial charge in [0.1, 0.15) is 0 Å². The van der Waals surface area contributed by atoms with Crippen LogP contribution in [-0.4, -0.2) is 44.8 Å². The van der Waals surface area contributed by atoms with Gasteiger partial charge in [0.2, 0.25) is 0 Å². The molecule has 0 N–H and O–H groups in total. The van der Waals surface area contributed by atoms with Crippen molar-refractivity contribution in [3.63, 3.8) is 0 Å². The summed E-state index contributed by atoms with van der Waals surface area (Å²) in [6.07, 6.45) is 0. The fraction of sp³-hybridized carbons (Fsp3) is 1.00. The minimum atomic E-state index is -0.750. The second-order valence-corrected chi connectivity index (χ2v) is 16.9. The van der Waals surface area contributed by atoms with Gasteiger partial charge in [-0.05, 0) is 0 Å². The van der Waals surface area contributed by atoms with Crippen molar-refractivity contribution in [2.24, 2.45) is 0 Å². The first-order valence-corrected chi connectivity index (χ1v) is 13.6. The molecule has 0 radical (unpaired) electrons. The van der Waals surface area contributed by atoms with Crippen LogP contribution >= 0.6 is 0 Å².